The Balaban J connectivity index is 2.22. The van der Waals surface area contributed by atoms with Crippen LogP contribution in [0.3, 0.4) is 0 Å². The highest BCUT2D eigenvalue weighted by Gasteiger charge is 2.23. The van der Waals surface area contributed by atoms with Gasteiger partial charge in [-0.1, -0.05) is 42.5 Å². The fraction of sp³-hybridized carbons (Fsp3) is 0.381. The standard InChI is InChI=1S/C21H27NO4/c1-22(2)13-8-14-26-20-17(11-7-12-19(20)25-3)15-18(21(23)24)16-9-5-4-6-10-16/h4-7,9-12,18H,8,13-15H2,1-3H3,(H,23,24). The maximum atomic E-state index is 11.8. The van der Waals surface area contributed by atoms with Crippen molar-refractivity contribution in [2.24, 2.45) is 0 Å². The van der Waals surface area contributed by atoms with Gasteiger partial charge in [0.2, 0.25) is 0 Å². The van der Waals surface area contributed by atoms with E-state index in [-0.39, 0.29) is 0 Å². The number of ether oxygens (including phenoxy) is 2. The molecule has 1 unspecified atom stereocenters. The van der Waals surface area contributed by atoms with E-state index in [1.807, 2.05) is 62.6 Å². The average Bonchev–Trinajstić information content (AvgIpc) is 2.63. The van der Waals surface area contributed by atoms with Crippen molar-refractivity contribution < 1.29 is 19.4 Å². The van der Waals surface area contributed by atoms with Crippen LogP contribution in [0, 0.1) is 0 Å². The number of rotatable bonds is 10. The highest BCUT2D eigenvalue weighted by Crippen LogP contribution is 2.34. The van der Waals surface area contributed by atoms with Crippen molar-refractivity contribution in [2.75, 3.05) is 34.4 Å². The number of nitrogens with zero attached hydrogens (tertiary/aromatic N) is 1. The Labute approximate surface area is 155 Å². The zero-order valence-electron chi connectivity index (χ0n) is 15.6. The second kappa shape index (κ2) is 9.82. The Morgan fingerprint density at radius 3 is 2.46 bits per heavy atom. The van der Waals surface area contributed by atoms with Gasteiger partial charge in [-0.25, -0.2) is 0 Å². The number of para-hydroxylation sites is 1. The van der Waals surface area contributed by atoms with Crippen LogP contribution < -0.4 is 9.47 Å². The SMILES string of the molecule is COc1cccc(CC(C(=O)O)c2ccccc2)c1OCCCN(C)C. The van der Waals surface area contributed by atoms with Gasteiger partial charge in [-0.3, -0.25) is 4.79 Å². The molecule has 26 heavy (non-hydrogen) atoms. The number of hydrogen-bond donors (Lipinski definition) is 1. The Morgan fingerprint density at radius 2 is 1.85 bits per heavy atom. The van der Waals surface area contributed by atoms with E-state index in [2.05, 4.69) is 4.90 Å². The number of carboxylic acid groups (broad SMARTS) is 1. The summed E-state index contributed by atoms with van der Waals surface area (Å²) in [6, 6.07) is 14.9. The molecule has 5 heteroatoms. The van der Waals surface area contributed by atoms with Crippen molar-refractivity contribution in [1.82, 2.24) is 4.90 Å². The van der Waals surface area contributed by atoms with Crippen LogP contribution in [0.5, 0.6) is 11.5 Å². The Bertz CT molecular complexity index is 700. The number of carbonyl (C=O) groups is 1. The summed E-state index contributed by atoms with van der Waals surface area (Å²) >= 11 is 0. The topological polar surface area (TPSA) is 59.0 Å². The zero-order chi connectivity index (χ0) is 18.9. The molecule has 0 aliphatic heterocycles. The molecule has 1 atom stereocenters. The molecule has 0 saturated carbocycles. The van der Waals surface area contributed by atoms with Gasteiger partial charge in [0.1, 0.15) is 0 Å². The molecule has 0 aliphatic rings. The van der Waals surface area contributed by atoms with E-state index < -0.39 is 11.9 Å². The minimum Gasteiger partial charge on any atom is -0.493 e. The second-order valence-corrected chi connectivity index (χ2v) is 6.46. The molecule has 0 fully saturated rings. The van der Waals surface area contributed by atoms with Crippen molar-refractivity contribution in [1.29, 1.82) is 0 Å². The highest BCUT2D eigenvalue weighted by atomic mass is 16.5. The number of hydrogen-bond acceptors (Lipinski definition) is 4. The predicted molar refractivity (Wildman–Crippen MR) is 102 cm³/mol. The molecule has 0 radical (unpaired) electrons. The van der Waals surface area contributed by atoms with E-state index in [4.69, 9.17) is 9.47 Å². The lowest BCUT2D eigenvalue weighted by molar-refractivity contribution is -0.138. The summed E-state index contributed by atoms with van der Waals surface area (Å²) < 4.78 is 11.4. The van der Waals surface area contributed by atoms with E-state index in [9.17, 15) is 9.90 Å². The summed E-state index contributed by atoms with van der Waals surface area (Å²) in [7, 11) is 5.63. The van der Waals surface area contributed by atoms with Crippen molar-refractivity contribution in [3.05, 3.63) is 59.7 Å². The molecule has 0 amide bonds. The van der Waals surface area contributed by atoms with Crippen LogP contribution in [-0.2, 0) is 11.2 Å². The quantitative estimate of drug-likeness (QED) is 0.660. The van der Waals surface area contributed by atoms with Gasteiger partial charge in [-0.15, -0.1) is 0 Å². The molecule has 2 aromatic carbocycles. The number of carboxylic acids is 1. The van der Waals surface area contributed by atoms with E-state index in [0.29, 0.717) is 24.5 Å². The largest absolute Gasteiger partial charge is 0.493 e. The lowest BCUT2D eigenvalue weighted by Gasteiger charge is -2.19. The van der Waals surface area contributed by atoms with Gasteiger partial charge in [0.05, 0.1) is 19.6 Å². The van der Waals surface area contributed by atoms with Crippen LogP contribution in [-0.4, -0.2) is 50.3 Å². The lowest BCUT2D eigenvalue weighted by atomic mass is 9.91. The smallest absolute Gasteiger partial charge is 0.311 e. The monoisotopic (exact) mass is 357 g/mol. The zero-order valence-corrected chi connectivity index (χ0v) is 15.6. The molecule has 0 spiro atoms. The van der Waals surface area contributed by atoms with Gasteiger partial charge >= 0.3 is 5.97 Å². The van der Waals surface area contributed by atoms with Crippen LogP contribution in [0.4, 0.5) is 0 Å². The first-order chi connectivity index (χ1) is 12.5. The minimum absolute atomic E-state index is 0.347. The molecule has 0 aliphatic carbocycles. The summed E-state index contributed by atoms with van der Waals surface area (Å²) in [5, 5.41) is 9.70. The summed E-state index contributed by atoms with van der Waals surface area (Å²) in [6.07, 6.45) is 1.23. The van der Waals surface area contributed by atoms with Gasteiger partial charge < -0.3 is 19.5 Å². The molecule has 2 rings (SSSR count). The minimum atomic E-state index is -0.849. The molecule has 2 aromatic rings. The van der Waals surface area contributed by atoms with Gasteiger partial charge in [0.25, 0.3) is 0 Å². The van der Waals surface area contributed by atoms with E-state index in [0.717, 1.165) is 24.1 Å². The third-order valence-corrected chi connectivity index (χ3v) is 4.20. The van der Waals surface area contributed by atoms with E-state index >= 15 is 0 Å². The molecule has 0 bridgehead atoms. The van der Waals surface area contributed by atoms with Crippen molar-refractivity contribution in [3.8, 4) is 11.5 Å². The van der Waals surface area contributed by atoms with E-state index in [1.54, 1.807) is 7.11 Å². The fourth-order valence-electron chi connectivity index (χ4n) is 2.85. The normalized spacial score (nSPS) is 12.0. The van der Waals surface area contributed by atoms with Crippen molar-refractivity contribution in [2.45, 2.75) is 18.8 Å². The Morgan fingerprint density at radius 1 is 1.12 bits per heavy atom. The first-order valence-electron chi connectivity index (χ1n) is 8.74. The Kier molecular flexibility index (Phi) is 7.48. The van der Waals surface area contributed by atoms with E-state index in [1.165, 1.54) is 0 Å². The van der Waals surface area contributed by atoms with Crippen LogP contribution in [0.1, 0.15) is 23.5 Å². The molecular weight excluding hydrogens is 330 g/mol. The molecular formula is C21H27NO4. The maximum absolute atomic E-state index is 11.8. The first-order valence-corrected chi connectivity index (χ1v) is 8.74. The van der Waals surface area contributed by atoms with Crippen LogP contribution in [0.25, 0.3) is 0 Å². The first kappa shape index (κ1) is 19.8. The molecule has 1 N–H and O–H groups in total. The average molecular weight is 357 g/mol. The molecule has 0 aromatic heterocycles. The highest BCUT2D eigenvalue weighted by molar-refractivity contribution is 5.76. The fourth-order valence-corrected chi connectivity index (χ4v) is 2.85. The van der Waals surface area contributed by atoms with Crippen LogP contribution >= 0.6 is 0 Å². The van der Waals surface area contributed by atoms with Gasteiger partial charge in [0, 0.05) is 6.54 Å². The van der Waals surface area contributed by atoms with Crippen molar-refractivity contribution in [3.63, 3.8) is 0 Å². The summed E-state index contributed by atoms with van der Waals surface area (Å²) in [4.78, 5) is 13.9. The summed E-state index contributed by atoms with van der Waals surface area (Å²) in [5.41, 5.74) is 1.62. The Hall–Kier alpha value is -2.53. The summed E-state index contributed by atoms with van der Waals surface area (Å²) in [5.74, 6) is -0.217. The maximum Gasteiger partial charge on any atom is 0.311 e. The predicted octanol–water partition coefficient (Wildman–Crippen LogP) is 3.44. The third kappa shape index (κ3) is 5.49. The third-order valence-electron chi connectivity index (χ3n) is 4.20. The van der Waals surface area contributed by atoms with Gasteiger partial charge in [-0.05, 0) is 44.1 Å². The van der Waals surface area contributed by atoms with Gasteiger partial charge in [0.15, 0.2) is 11.5 Å². The molecule has 5 nitrogen and oxygen atoms in total. The number of aliphatic carboxylic acids is 1. The number of methoxy groups -OCH3 is 1. The summed E-state index contributed by atoms with van der Waals surface area (Å²) in [6.45, 7) is 1.47. The number of benzene rings is 2. The van der Waals surface area contributed by atoms with Crippen LogP contribution in [0.2, 0.25) is 0 Å². The van der Waals surface area contributed by atoms with Crippen molar-refractivity contribution >= 4 is 5.97 Å². The van der Waals surface area contributed by atoms with Gasteiger partial charge in [-0.2, -0.15) is 0 Å². The second-order valence-electron chi connectivity index (χ2n) is 6.46. The lowest BCUT2D eigenvalue weighted by Crippen LogP contribution is -2.17. The molecule has 140 valence electrons. The van der Waals surface area contributed by atoms with Crippen LogP contribution in [0.15, 0.2) is 48.5 Å². The molecule has 0 heterocycles. The molecule has 0 saturated heterocycles.